The molecule has 1 N–H and O–H groups in total. The highest BCUT2D eigenvalue weighted by molar-refractivity contribution is 7.16. The SMILES string of the molecule is CCN(Cc1csc(CC(=O)Nc2ccccc2C)n1)Cc1ccc(Cl)s1. The molecule has 0 atom stereocenters. The van der Waals surface area contributed by atoms with Crippen molar-refractivity contribution >= 4 is 45.9 Å². The Labute approximate surface area is 172 Å². The molecule has 0 radical (unpaired) electrons. The summed E-state index contributed by atoms with van der Waals surface area (Å²) < 4.78 is 0.816. The van der Waals surface area contributed by atoms with E-state index in [2.05, 4.69) is 28.2 Å². The molecule has 2 heterocycles. The number of nitrogens with one attached hydrogen (secondary N) is 1. The van der Waals surface area contributed by atoms with Gasteiger partial charge in [0.05, 0.1) is 16.5 Å². The van der Waals surface area contributed by atoms with Crippen LogP contribution in [0.2, 0.25) is 4.34 Å². The van der Waals surface area contributed by atoms with Crippen LogP contribution in [-0.4, -0.2) is 22.3 Å². The molecule has 1 amide bonds. The summed E-state index contributed by atoms with van der Waals surface area (Å²) in [5.74, 6) is -0.0363. The standard InChI is InChI=1S/C20H22ClN3OS2/c1-3-24(12-16-8-9-18(21)27-16)11-15-13-26-20(22-15)10-19(25)23-17-7-5-4-6-14(17)2/h4-9,13H,3,10-12H2,1-2H3,(H,23,25). The Balaban J connectivity index is 1.55. The highest BCUT2D eigenvalue weighted by Crippen LogP contribution is 2.23. The molecule has 0 spiro atoms. The van der Waals surface area contributed by atoms with Crippen LogP contribution in [0, 0.1) is 6.92 Å². The number of aromatic nitrogens is 1. The summed E-state index contributed by atoms with van der Waals surface area (Å²) in [6.45, 7) is 6.67. The van der Waals surface area contributed by atoms with Crippen molar-refractivity contribution in [2.24, 2.45) is 0 Å². The molecule has 0 fully saturated rings. The van der Waals surface area contributed by atoms with Crippen molar-refractivity contribution in [2.45, 2.75) is 33.4 Å². The molecule has 0 bridgehead atoms. The molecule has 7 heteroatoms. The Kier molecular flexibility index (Phi) is 7.01. The molecule has 1 aromatic carbocycles. The number of thiazole rings is 1. The second-order valence-corrected chi connectivity index (χ2v) is 9.02. The Hall–Kier alpha value is -1.73. The van der Waals surface area contributed by atoms with Gasteiger partial charge in [-0.25, -0.2) is 4.98 Å². The lowest BCUT2D eigenvalue weighted by Gasteiger charge is -2.18. The van der Waals surface area contributed by atoms with Gasteiger partial charge in [-0.1, -0.05) is 36.7 Å². The van der Waals surface area contributed by atoms with Crippen LogP contribution >= 0.6 is 34.3 Å². The monoisotopic (exact) mass is 419 g/mol. The first-order valence-electron chi connectivity index (χ1n) is 8.79. The van der Waals surface area contributed by atoms with Crippen molar-refractivity contribution in [1.82, 2.24) is 9.88 Å². The number of rotatable bonds is 8. The van der Waals surface area contributed by atoms with E-state index >= 15 is 0 Å². The molecule has 3 rings (SSSR count). The number of thiophene rings is 1. The number of para-hydroxylation sites is 1. The van der Waals surface area contributed by atoms with Crippen LogP contribution in [0.3, 0.4) is 0 Å². The second kappa shape index (κ2) is 9.46. The van der Waals surface area contributed by atoms with Crippen LogP contribution < -0.4 is 5.32 Å². The normalized spacial score (nSPS) is 11.1. The van der Waals surface area contributed by atoms with E-state index in [9.17, 15) is 4.79 Å². The van der Waals surface area contributed by atoms with Crippen molar-refractivity contribution in [3.8, 4) is 0 Å². The topological polar surface area (TPSA) is 45.2 Å². The molecule has 3 aromatic rings. The van der Waals surface area contributed by atoms with Crippen LogP contribution in [0.5, 0.6) is 0 Å². The minimum absolute atomic E-state index is 0.0363. The van der Waals surface area contributed by atoms with E-state index in [1.165, 1.54) is 16.2 Å². The summed E-state index contributed by atoms with van der Waals surface area (Å²) in [5, 5.41) is 5.84. The number of carbonyl (C=O) groups is 1. The number of nitrogens with zero attached hydrogens (tertiary/aromatic N) is 2. The minimum atomic E-state index is -0.0363. The largest absolute Gasteiger partial charge is 0.325 e. The van der Waals surface area contributed by atoms with Gasteiger partial charge >= 0.3 is 0 Å². The zero-order chi connectivity index (χ0) is 19.2. The number of hydrogen-bond donors (Lipinski definition) is 1. The van der Waals surface area contributed by atoms with Crippen LogP contribution in [-0.2, 0) is 24.3 Å². The molecule has 27 heavy (non-hydrogen) atoms. The number of hydrogen-bond acceptors (Lipinski definition) is 5. The summed E-state index contributed by atoms with van der Waals surface area (Å²) in [5.41, 5.74) is 2.91. The summed E-state index contributed by atoms with van der Waals surface area (Å²) in [6, 6.07) is 11.8. The molecule has 142 valence electrons. The zero-order valence-corrected chi connectivity index (χ0v) is 17.8. The summed E-state index contributed by atoms with van der Waals surface area (Å²) >= 11 is 9.17. The number of amides is 1. The molecule has 0 aliphatic heterocycles. The third-order valence-corrected chi connectivity index (χ3v) is 6.28. The smallest absolute Gasteiger partial charge is 0.231 e. The van der Waals surface area contributed by atoms with E-state index in [1.54, 1.807) is 11.3 Å². The lowest BCUT2D eigenvalue weighted by molar-refractivity contribution is -0.115. The van der Waals surface area contributed by atoms with Gasteiger partial charge in [0.1, 0.15) is 5.01 Å². The highest BCUT2D eigenvalue weighted by atomic mass is 35.5. The Morgan fingerprint density at radius 3 is 2.74 bits per heavy atom. The predicted octanol–water partition coefficient (Wildman–Crippen LogP) is 5.37. The lowest BCUT2D eigenvalue weighted by Crippen LogP contribution is -2.22. The van der Waals surface area contributed by atoms with Crippen LogP contribution in [0.4, 0.5) is 5.69 Å². The predicted molar refractivity (Wildman–Crippen MR) is 115 cm³/mol. The summed E-state index contributed by atoms with van der Waals surface area (Å²) in [7, 11) is 0. The Morgan fingerprint density at radius 1 is 1.22 bits per heavy atom. The minimum Gasteiger partial charge on any atom is -0.325 e. The molecule has 0 saturated carbocycles. The summed E-state index contributed by atoms with van der Waals surface area (Å²) in [6.07, 6.45) is 0.297. The highest BCUT2D eigenvalue weighted by Gasteiger charge is 2.12. The van der Waals surface area contributed by atoms with Gasteiger partial charge in [0.2, 0.25) is 5.91 Å². The first-order chi connectivity index (χ1) is 13.0. The van der Waals surface area contributed by atoms with Crippen LogP contribution in [0.15, 0.2) is 41.8 Å². The maximum absolute atomic E-state index is 12.3. The van der Waals surface area contributed by atoms with Gasteiger partial charge < -0.3 is 5.32 Å². The van der Waals surface area contributed by atoms with Crippen molar-refractivity contribution in [1.29, 1.82) is 0 Å². The molecule has 0 aliphatic carbocycles. The quantitative estimate of drug-likeness (QED) is 0.533. The van der Waals surface area contributed by atoms with E-state index < -0.39 is 0 Å². The van der Waals surface area contributed by atoms with Gasteiger partial charge in [-0.3, -0.25) is 9.69 Å². The first kappa shape index (κ1) is 20.0. The lowest BCUT2D eigenvalue weighted by atomic mass is 10.2. The zero-order valence-electron chi connectivity index (χ0n) is 15.4. The van der Waals surface area contributed by atoms with Crippen molar-refractivity contribution in [3.63, 3.8) is 0 Å². The maximum atomic E-state index is 12.3. The fourth-order valence-electron chi connectivity index (χ4n) is 2.71. The van der Waals surface area contributed by atoms with Gasteiger partial charge in [-0.15, -0.1) is 22.7 Å². The average molecular weight is 420 g/mol. The molecule has 4 nitrogen and oxygen atoms in total. The fraction of sp³-hybridized carbons (Fsp3) is 0.300. The number of halogens is 1. The van der Waals surface area contributed by atoms with Gasteiger partial charge in [-0.2, -0.15) is 0 Å². The first-order valence-corrected chi connectivity index (χ1v) is 10.9. The molecule has 0 aliphatic rings. The van der Waals surface area contributed by atoms with Crippen LogP contribution in [0.25, 0.3) is 0 Å². The maximum Gasteiger partial charge on any atom is 0.231 e. The van der Waals surface area contributed by atoms with Gasteiger partial charge in [0.25, 0.3) is 0 Å². The van der Waals surface area contributed by atoms with Crippen molar-refractivity contribution < 1.29 is 4.79 Å². The van der Waals surface area contributed by atoms with Crippen LogP contribution in [0.1, 0.15) is 28.1 Å². The third kappa shape index (κ3) is 5.87. The number of carbonyl (C=O) groups excluding carboxylic acids is 1. The average Bonchev–Trinajstić information content (AvgIpc) is 3.25. The molecular weight excluding hydrogens is 398 g/mol. The fourth-order valence-corrected chi connectivity index (χ4v) is 4.63. The Morgan fingerprint density at radius 2 is 2.04 bits per heavy atom. The molecular formula is C20H22ClN3OS2. The number of aryl methyl sites for hydroxylation is 1. The van der Waals surface area contributed by atoms with E-state index in [0.29, 0.717) is 6.42 Å². The van der Waals surface area contributed by atoms with Gasteiger partial charge in [0.15, 0.2) is 0 Å². The number of anilines is 1. The summed E-state index contributed by atoms with van der Waals surface area (Å²) in [4.78, 5) is 20.5. The van der Waals surface area contributed by atoms with E-state index in [1.807, 2.05) is 42.6 Å². The van der Waals surface area contributed by atoms with Gasteiger partial charge in [-0.05, 0) is 37.2 Å². The third-order valence-electron chi connectivity index (χ3n) is 4.17. The van der Waals surface area contributed by atoms with Crippen molar-refractivity contribution in [3.05, 3.63) is 67.3 Å². The molecule has 0 saturated heterocycles. The van der Waals surface area contributed by atoms with E-state index in [0.717, 1.165) is 45.9 Å². The van der Waals surface area contributed by atoms with Crippen molar-refractivity contribution in [2.75, 3.05) is 11.9 Å². The molecule has 2 aromatic heterocycles. The van der Waals surface area contributed by atoms with Gasteiger partial charge in [0, 0.05) is 29.0 Å². The van der Waals surface area contributed by atoms with E-state index in [4.69, 9.17) is 11.6 Å². The van der Waals surface area contributed by atoms with E-state index in [-0.39, 0.29) is 5.91 Å². The second-order valence-electron chi connectivity index (χ2n) is 6.28. The molecule has 0 unspecified atom stereocenters. The Bertz CT molecular complexity index is 906. The number of benzene rings is 1.